The first-order valence-electron chi connectivity index (χ1n) is 6.12. The van der Waals surface area contributed by atoms with Crippen LogP contribution < -0.4 is 0 Å². The first-order valence-corrected chi connectivity index (χ1v) is 6.50. The quantitative estimate of drug-likeness (QED) is 0.747. The topological polar surface area (TPSA) is 26.3 Å². The van der Waals surface area contributed by atoms with Gasteiger partial charge in [-0.1, -0.05) is 24.4 Å². The maximum absolute atomic E-state index is 11.8. The van der Waals surface area contributed by atoms with Gasteiger partial charge in [0.25, 0.3) is 0 Å². The summed E-state index contributed by atoms with van der Waals surface area (Å²) in [6.45, 7) is 0.900. The van der Waals surface area contributed by atoms with Gasteiger partial charge in [0.05, 0.1) is 6.61 Å². The summed E-state index contributed by atoms with van der Waals surface area (Å²) in [5, 5.41) is 0.647. The van der Waals surface area contributed by atoms with Gasteiger partial charge in [0.2, 0.25) is 0 Å². The molecule has 0 saturated heterocycles. The van der Waals surface area contributed by atoms with E-state index in [1.54, 1.807) is 24.3 Å². The van der Waals surface area contributed by atoms with Gasteiger partial charge >= 0.3 is 0 Å². The zero-order chi connectivity index (χ0) is 12.1. The molecule has 1 fully saturated rings. The molecule has 0 amide bonds. The third-order valence-corrected chi connectivity index (χ3v) is 3.48. The Hall–Kier alpha value is -0.860. The number of rotatable bonds is 5. The first kappa shape index (κ1) is 12.6. The van der Waals surface area contributed by atoms with Crippen molar-refractivity contribution < 1.29 is 9.53 Å². The van der Waals surface area contributed by atoms with Crippen LogP contribution in [-0.4, -0.2) is 19.0 Å². The number of hydrogen-bond donors (Lipinski definition) is 0. The largest absolute Gasteiger partial charge is 0.373 e. The maximum atomic E-state index is 11.8. The normalized spacial score (nSPS) is 16.3. The molecule has 0 bridgehead atoms. The minimum absolute atomic E-state index is 0.0275. The Labute approximate surface area is 107 Å². The minimum Gasteiger partial charge on any atom is -0.373 e. The highest BCUT2D eigenvalue weighted by Crippen LogP contribution is 2.24. The molecule has 3 heteroatoms. The molecule has 1 aliphatic carbocycles. The van der Waals surface area contributed by atoms with Gasteiger partial charge in [-0.05, 0) is 43.0 Å². The van der Waals surface area contributed by atoms with Crippen LogP contribution in [0, 0.1) is 5.92 Å². The summed E-state index contributed by atoms with van der Waals surface area (Å²) >= 11 is 5.76. The molecule has 1 aromatic carbocycles. The number of hydrogen-bond acceptors (Lipinski definition) is 2. The average Bonchev–Trinajstić information content (AvgIpc) is 2.83. The summed E-state index contributed by atoms with van der Waals surface area (Å²) < 4.78 is 5.48. The van der Waals surface area contributed by atoms with Crippen molar-refractivity contribution in [3.8, 4) is 0 Å². The monoisotopic (exact) mass is 252 g/mol. The van der Waals surface area contributed by atoms with E-state index in [-0.39, 0.29) is 12.4 Å². The van der Waals surface area contributed by atoms with Crippen LogP contribution in [-0.2, 0) is 4.74 Å². The molecule has 0 aliphatic heterocycles. The zero-order valence-corrected chi connectivity index (χ0v) is 10.6. The van der Waals surface area contributed by atoms with Crippen LogP contribution in [0.25, 0.3) is 0 Å². The second-order valence-electron chi connectivity index (χ2n) is 4.60. The van der Waals surface area contributed by atoms with E-state index < -0.39 is 0 Å². The molecule has 0 spiro atoms. The maximum Gasteiger partial charge on any atom is 0.188 e. The van der Waals surface area contributed by atoms with Crippen LogP contribution in [0.4, 0.5) is 0 Å². The predicted octanol–water partition coefficient (Wildman–Crippen LogP) is 3.73. The van der Waals surface area contributed by atoms with E-state index in [9.17, 15) is 4.79 Å². The fourth-order valence-electron chi connectivity index (χ4n) is 2.21. The van der Waals surface area contributed by atoms with Crippen molar-refractivity contribution >= 4 is 17.4 Å². The van der Waals surface area contributed by atoms with Crippen LogP contribution in [0.2, 0.25) is 5.02 Å². The number of halogens is 1. The highest BCUT2D eigenvalue weighted by atomic mass is 35.5. The van der Waals surface area contributed by atoms with Crippen LogP contribution in [0.1, 0.15) is 36.0 Å². The van der Waals surface area contributed by atoms with E-state index in [1.807, 2.05) is 0 Å². The zero-order valence-electron chi connectivity index (χ0n) is 9.82. The lowest BCUT2D eigenvalue weighted by molar-refractivity contribution is 0.0681. The number of ether oxygens (including phenoxy) is 1. The number of ketones is 1. The Morgan fingerprint density at radius 3 is 2.53 bits per heavy atom. The third-order valence-electron chi connectivity index (χ3n) is 3.23. The summed E-state index contributed by atoms with van der Waals surface area (Å²) in [4.78, 5) is 11.8. The van der Waals surface area contributed by atoms with Gasteiger partial charge < -0.3 is 4.74 Å². The highest BCUT2D eigenvalue weighted by molar-refractivity contribution is 6.30. The Bertz CT molecular complexity index is 366. The fourth-order valence-corrected chi connectivity index (χ4v) is 2.34. The van der Waals surface area contributed by atoms with Crippen molar-refractivity contribution in [1.82, 2.24) is 0 Å². The molecular formula is C14H17ClO2. The van der Waals surface area contributed by atoms with E-state index in [4.69, 9.17) is 16.3 Å². The van der Waals surface area contributed by atoms with E-state index in [0.717, 1.165) is 6.61 Å². The molecule has 2 rings (SSSR count). The summed E-state index contributed by atoms with van der Waals surface area (Å²) in [5.41, 5.74) is 0.667. The Morgan fingerprint density at radius 2 is 1.88 bits per heavy atom. The van der Waals surface area contributed by atoms with Gasteiger partial charge in [-0.15, -0.1) is 0 Å². The predicted molar refractivity (Wildman–Crippen MR) is 68.6 cm³/mol. The molecule has 92 valence electrons. The van der Waals surface area contributed by atoms with Crippen molar-refractivity contribution in [3.05, 3.63) is 34.9 Å². The molecule has 1 aliphatic rings. The van der Waals surface area contributed by atoms with E-state index in [2.05, 4.69) is 0 Å². The van der Waals surface area contributed by atoms with Gasteiger partial charge in [-0.2, -0.15) is 0 Å². The minimum atomic E-state index is 0.0275. The number of carbonyl (C=O) groups is 1. The molecule has 1 aromatic rings. The molecule has 0 unspecified atom stereocenters. The third kappa shape index (κ3) is 3.83. The fraction of sp³-hybridized carbons (Fsp3) is 0.500. The summed E-state index contributed by atoms with van der Waals surface area (Å²) in [6.07, 6.45) is 5.10. The molecule has 17 heavy (non-hydrogen) atoms. The Balaban J connectivity index is 1.75. The molecule has 0 aromatic heterocycles. The first-order chi connectivity index (χ1) is 8.25. The van der Waals surface area contributed by atoms with Crippen LogP contribution >= 0.6 is 11.6 Å². The van der Waals surface area contributed by atoms with Crippen molar-refractivity contribution in [2.45, 2.75) is 25.7 Å². The van der Waals surface area contributed by atoms with Crippen LogP contribution in [0.15, 0.2) is 24.3 Å². The molecule has 0 atom stereocenters. The lowest BCUT2D eigenvalue weighted by Gasteiger charge is -2.09. The van der Waals surface area contributed by atoms with Gasteiger partial charge in [0, 0.05) is 10.6 Å². The van der Waals surface area contributed by atoms with E-state index in [1.165, 1.54) is 25.7 Å². The van der Waals surface area contributed by atoms with Crippen LogP contribution in [0.5, 0.6) is 0 Å². The van der Waals surface area contributed by atoms with Crippen molar-refractivity contribution in [2.24, 2.45) is 5.92 Å². The lowest BCUT2D eigenvalue weighted by atomic mass is 10.1. The van der Waals surface area contributed by atoms with Gasteiger partial charge in [0.1, 0.15) is 6.61 Å². The molecule has 0 N–H and O–H groups in total. The number of benzene rings is 1. The standard InChI is InChI=1S/C14H17ClO2/c15-13-7-5-12(6-8-13)14(16)10-17-9-11-3-1-2-4-11/h5-8,11H,1-4,9-10H2. The van der Waals surface area contributed by atoms with Gasteiger partial charge in [-0.25, -0.2) is 0 Å². The summed E-state index contributed by atoms with van der Waals surface area (Å²) in [6, 6.07) is 6.94. The molecule has 1 saturated carbocycles. The van der Waals surface area contributed by atoms with Gasteiger partial charge in [-0.3, -0.25) is 4.79 Å². The van der Waals surface area contributed by atoms with E-state index in [0.29, 0.717) is 16.5 Å². The molecule has 0 radical (unpaired) electrons. The second kappa shape index (κ2) is 6.18. The average molecular weight is 253 g/mol. The summed E-state index contributed by atoms with van der Waals surface area (Å²) in [5.74, 6) is 0.688. The Kier molecular flexibility index (Phi) is 4.57. The lowest BCUT2D eigenvalue weighted by Crippen LogP contribution is -2.13. The Morgan fingerprint density at radius 1 is 1.24 bits per heavy atom. The second-order valence-corrected chi connectivity index (χ2v) is 5.03. The van der Waals surface area contributed by atoms with Crippen molar-refractivity contribution in [2.75, 3.05) is 13.2 Å². The SMILES string of the molecule is O=C(COCC1CCCC1)c1ccc(Cl)cc1. The summed E-state index contributed by atoms with van der Waals surface area (Å²) in [7, 11) is 0. The van der Waals surface area contributed by atoms with Crippen molar-refractivity contribution in [3.63, 3.8) is 0 Å². The highest BCUT2D eigenvalue weighted by Gasteiger charge is 2.15. The van der Waals surface area contributed by atoms with Crippen molar-refractivity contribution in [1.29, 1.82) is 0 Å². The van der Waals surface area contributed by atoms with Gasteiger partial charge in [0.15, 0.2) is 5.78 Å². The number of carbonyl (C=O) groups excluding carboxylic acids is 1. The molecular weight excluding hydrogens is 236 g/mol. The van der Waals surface area contributed by atoms with Crippen LogP contribution in [0.3, 0.4) is 0 Å². The molecule has 0 heterocycles. The smallest absolute Gasteiger partial charge is 0.188 e. The molecule has 2 nitrogen and oxygen atoms in total. The number of Topliss-reactive ketones (excluding diaryl/α,β-unsaturated/α-hetero) is 1. The van der Waals surface area contributed by atoms with E-state index >= 15 is 0 Å².